The maximum atomic E-state index is 4.44. The first-order chi connectivity index (χ1) is 10.8. The molecule has 0 spiro atoms. The number of hydrogen-bond acceptors (Lipinski definition) is 3. The van der Waals surface area contributed by atoms with Crippen LogP contribution in [0.1, 0.15) is 12.8 Å². The number of benzene rings is 1. The molecule has 0 aliphatic carbocycles. The third-order valence-corrected chi connectivity index (χ3v) is 4.67. The lowest BCUT2D eigenvalue weighted by Gasteiger charge is -2.37. The van der Waals surface area contributed by atoms with E-state index in [1.54, 1.807) is 0 Å². The molecule has 2 rings (SSSR count). The van der Waals surface area contributed by atoms with Crippen molar-refractivity contribution in [2.24, 2.45) is 4.99 Å². The molecule has 0 amide bonds. The van der Waals surface area contributed by atoms with Crippen LogP contribution in [-0.2, 0) is 0 Å². The summed E-state index contributed by atoms with van der Waals surface area (Å²) >= 11 is 1.92. The summed E-state index contributed by atoms with van der Waals surface area (Å²) in [5.41, 5.74) is 1.32. The molecule has 23 heavy (non-hydrogen) atoms. The SMILES string of the molecule is CN=C(NCCCCSC)N1CCN(c2ccccc2)CC1.I. The van der Waals surface area contributed by atoms with Crippen molar-refractivity contribution in [3.63, 3.8) is 0 Å². The lowest BCUT2D eigenvalue weighted by atomic mass is 10.2. The van der Waals surface area contributed by atoms with Crippen LogP contribution in [0.4, 0.5) is 5.69 Å². The molecule has 1 aliphatic rings. The summed E-state index contributed by atoms with van der Waals surface area (Å²) in [5.74, 6) is 2.30. The number of rotatable bonds is 6. The highest BCUT2D eigenvalue weighted by atomic mass is 127. The van der Waals surface area contributed by atoms with Crippen molar-refractivity contribution in [2.45, 2.75) is 12.8 Å². The fourth-order valence-corrected chi connectivity index (χ4v) is 3.21. The summed E-state index contributed by atoms with van der Waals surface area (Å²) in [6, 6.07) is 10.7. The van der Waals surface area contributed by atoms with Crippen molar-refractivity contribution in [2.75, 3.05) is 56.7 Å². The fourth-order valence-electron chi connectivity index (χ4n) is 2.72. The van der Waals surface area contributed by atoms with Crippen molar-refractivity contribution < 1.29 is 0 Å². The standard InChI is InChI=1S/C17H28N4S.HI/c1-18-17(19-10-6-7-15-22-2)21-13-11-20(12-14-21)16-8-4-3-5-9-16;/h3-5,8-9H,6-7,10-15H2,1-2H3,(H,18,19);1H. The van der Waals surface area contributed by atoms with Crippen LogP contribution in [0, 0.1) is 0 Å². The van der Waals surface area contributed by atoms with Crippen molar-refractivity contribution in [1.29, 1.82) is 0 Å². The van der Waals surface area contributed by atoms with Crippen LogP contribution >= 0.6 is 35.7 Å². The van der Waals surface area contributed by atoms with Crippen LogP contribution in [0.2, 0.25) is 0 Å². The van der Waals surface area contributed by atoms with E-state index < -0.39 is 0 Å². The second-order valence-corrected chi connectivity index (χ2v) is 6.47. The highest BCUT2D eigenvalue weighted by Crippen LogP contribution is 2.15. The Morgan fingerprint density at radius 2 is 1.83 bits per heavy atom. The number of piperazine rings is 1. The number of guanidine groups is 1. The van der Waals surface area contributed by atoms with Gasteiger partial charge in [0.2, 0.25) is 0 Å². The van der Waals surface area contributed by atoms with Gasteiger partial charge in [-0.2, -0.15) is 11.8 Å². The van der Waals surface area contributed by atoms with Gasteiger partial charge in [0, 0.05) is 45.5 Å². The lowest BCUT2D eigenvalue weighted by Crippen LogP contribution is -2.52. The Morgan fingerprint density at radius 1 is 1.13 bits per heavy atom. The molecule has 6 heteroatoms. The highest BCUT2D eigenvalue weighted by molar-refractivity contribution is 14.0. The Labute approximate surface area is 162 Å². The number of thioether (sulfide) groups is 1. The van der Waals surface area contributed by atoms with Crippen molar-refractivity contribution in [1.82, 2.24) is 10.2 Å². The van der Waals surface area contributed by atoms with Gasteiger partial charge in [0.1, 0.15) is 0 Å². The van der Waals surface area contributed by atoms with E-state index in [4.69, 9.17) is 0 Å². The van der Waals surface area contributed by atoms with Crippen LogP contribution in [0.5, 0.6) is 0 Å². The Morgan fingerprint density at radius 3 is 2.43 bits per heavy atom. The molecule has 0 saturated carbocycles. The number of nitrogens with one attached hydrogen (secondary N) is 1. The summed E-state index contributed by atoms with van der Waals surface area (Å²) in [6.45, 7) is 5.18. The molecule has 1 aromatic rings. The van der Waals surface area contributed by atoms with Gasteiger partial charge in [-0.25, -0.2) is 0 Å². The maximum Gasteiger partial charge on any atom is 0.193 e. The van der Waals surface area contributed by atoms with E-state index in [1.807, 2.05) is 18.8 Å². The molecule has 1 aliphatic heterocycles. The van der Waals surface area contributed by atoms with Gasteiger partial charge in [-0.1, -0.05) is 18.2 Å². The molecular formula is C17H29IN4S. The average Bonchev–Trinajstić information content (AvgIpc) is 2.59. The molecule has 0 bridgehead atoms. The summed E-state index contributed by atoms with van der Waals surface area (Å²) in [4.78, 5) is 9.25. The van der Waals surface area contributed by atoms with E-state index in [9.17, 15) is 0 Å². The third-order valence-electron chi connectivity index (χ3n) is 3.97. The van der Waals surface area contributed by atoms with Crippen LogP contribution in [-0.4, -0.2) is 62.6 Å². The van der Waals surface area contributed by atoms with Gasteiger partial charge in [-0.05, 0) is 37.0 Å². The fraction of sp³-hybridized carbons (Fsp3) is 0.588. The number of anilines is 1. The molecule has 1 N–H and O–H groups in total. The molecule has 0 unspecified atom stereocenters. The predicted molar refractivity (Wildman–Crippen MR) is 115 cm³/mol. The first-order valence-corrected chi connectivity index (χ1v) is 9.49. The monoisotopic (exact) mass is 448 g/mol. The second kappa shape index (κ2) is 11.8. The second-order valence-electron chi connectivity index (χ2n) is 5.48. The summed E-state index contributed by atoms with van der Waals surface area (Å²) in [6.07, 6.45) is 4.65. The zero-order valence-corrected chi connectivity index (χ0v) is 17.3. The minimum absolute atomic E-state index is 0. The number of halogens is 1. The Hall–Kier alpha value is -0.630. The normalized spacial score (nSPS) is 15.3. The predicted octanol–water partition coefficient (Wildman–Crippen LogP) is 3.15. The zero-order chi connectivity index (χ0) is 15.6. The first kappa shape index (κ1) is 20.4. The van der Waals surface area contributed by atoms with Gasteiger partial charge in [-0.3, -0.25) is 4.99 Å². The third kappa shape index (κ3) is 6.79. The van der Waals surface area contributed by atoms with Gasteiger partial charge in [0.15, 0.2) is 5.96 Å². The van der Waals surface area contributed by atoms with Gasteiger partial charge < -0.3 is 15.1 Å². The molecule has 1 heterocycles. The van der Waals surface area contributed by atoms with E-state index in [1.165, 1.54) is 24.3 Å². The Kier molecular flexibility index (Phi) is 10.5. The smallest absolute Gasteiger partial charge is 0.193 e. The summed E-state index contributed by atoms with van der Waals surface area (Å²) in [7, 11) is 1.88. The largest absolute Gasteiger partial charge is 0.368 e. The number of unbranched alkanes of at least 4 members (excludes halogenated alkanes) is 1. The number of aliphatic imine (C=N–C) groups is 1. The van der Waals surface area contributed by atoms with Gasteiger partial charge in [-0.15, -0.1) is 24.0 Å². The Bertz CT molecular complexity index is 447. The van der Waals surface area contributed by atoms with Crippen molar-refractivity contribution >= 4 is 47.4 Å². The zero-order valence-electron chi connectivity index (χ0n) is 14.2. The topological polar surface area (TPSA) is 30.9 Å². The molecule has 0 radical (unpaired) electrons. The van der Waals surface area contributed by atoms with Crippen LogP contribution < -0.4 is 10.2 Å². The minimum atomic E-state index is 0. The van der Waals surface area contributed by atoms with Crippen molar-refractivity contribution in [3.8, 4) is 0 Å². The van der Waals surface area contributed by atoms with Crippen molar-refractivity contribution in [3.05, 3.63) is 30.3 Å². The van der Waals surface area contributed by atoms with Crippen LogP contribution in [0.15, 0.2) is 35.3 Å². The molecule has 0 aromatic heterocycles. The minimum Gasteiger partial charge on any atom is -0.368 e. The van der Waals surface area contributed by atoms with Gasteiger partial charge >= 0.3 is 0 Å². The molecule has 4 nitrogen and oxygen atoms in total. The molecule has 1 saturated heterocycles. The van der Waals surface area contributed by atoms with Gasteiger partial charge in [0.25, 0.3) is 0 Å². The molecule has 130 valence electrons. The summed E-state index contributed by atoms with van der Waals surface area (Å²) < 4.78 is 0. The van der Waals surface area contributed by atoms with E-state index >= 15 is 0 Å². The Balaban J connectivity index is 0.00000264. The highest BCUT2D eigenvalue weighted by Gasteiger charge is 2.19. The lowest BCUT2D eigenvalue weighted by molar-refractivity contribution is 0.372. The average molecular weight is 448 g/mol. The first-order valence-electron chi connectivity index (χ1n) is 8.09. The van der Waals surface area contributed by atoms with E-state index in [0.717, 1.165) is 38.7 Å². The van der Waals surface area contributed by atoms with Crippen LogP contribution in [0.25, 0.3) is 0 Å². The molecule has 0 atom stereocenters. The molecule has 1 fully saturated rings. The van der Waals surface area contributed by atoms with E-state index in [2.05, 4.69) is 56.7 Å². The summed E-state index contributed by atoms with van der Waals surface area (Å²) in [5, 5.41) is 3.50. The number of nitrogens with zero attached hydrogens (tertiary/aromatic N) is 3. The van der Waals surface area contributed by atoms with Crippen LogP contribution in [0.3, 0.4) is 0 Å². The van der Waals surface area contributed by atoms with E-state index in [-0.39, 0.29) is 24.0 Å². The molecule has 1 aromatic carbocycles. The number of hydrogen-bond donors (Lipinski definition) is 1. The maximum absolute atomic E-state index is 4.44. The molecular weight excluding hydrogens is 419 g/mol. The van der Waals surface area contributed by atoms with E-state index in [0.29, 0.717) is 0 Å². The number of para-hydroxylation sites is 1. The quantitative estimate of drug-likeness (QED) is 0.314. The van der Waals surface area contributed by atoms with Gasteiger partial charge in [0.05, 0.1) is 0 Å².